The number of thioether (sulfide) groups is 4. The minimum absolute atomic E-state index is 0.00970. The van der Waals surface area contributed by atoms with E-state index < -0.39 is 0 Å². The zero-order chi connectivity index (χ0) is 23.0. The second-order valence-corrected chi connectivity index (χ2v) is 14.5. The van der Waals surface area contributed by atoms with Crippen molar-refractivity contribution in [2.45, 2.75) is 60.3 Å². The fourth-order valence-electron chi connectivity index (χ4n) is 4.76. The topological polar surface area (TPSA) is 15.8 Å². The van der Waals surface area contributed by atoms with Crippen LogP contribution in [0.15, 0.2) is 111 Å². The van der Waals surface area contributed by atoms with Crippen molar-refractivity contribution in [3.05, 3.63) is 108 Å². The lowest BCUT2D eigenvalue weighted by Gasteiger charge is -2.28. The molecule has 6 rings (SSSR count). The number of benzene rings is 3. The molecule has 0 aliphatic carbocycles. The zero-order valence-electron chi connectivity index (χ0n) is 19.1. The number of fused-ring (bicyclic) bond motifs is 2. The fraction of sp³-hybridized carbons (Fsp3) is 0.241. The summed E-state index contributed by atoms with van der Waals surface area (Å²) in [4.78, 5) is 9.34. The van der Waals surface area contributed by atoms with Gasteiger partial charge in [0.2, 0.25) is 0 Å². The Labute approximate surface area is 219 Å². The summed E-state index contributed by atoms with van der Waals surface area (Å²) in [7, 11) is 0. The van der Waals surface area contributed by atoms with Gasteiger partial charge in [-0.1, -0.05) is 104 Å². The van der Waals surface area contributed by atoms with Gasteiger partial charge >= 0.3 is 0 Å². The Morgan fingerprint density at radius 2 is 1.21 bits per heavy atom. The summed E-state index contributed by atoms with van der Waals surface area (Å²) in [5, 5.41) is 0. The van der Waals surface area contributed by atoms with Crippen molar-refractivity contribution in [2.24, 2.45) is 0 Å². The van der Waals surface area contributed by atoms with Crippen LogP contribution in [0.1, 0.15) is 49.4 Å². The first kappa shape index (κ1) is 22.8. The van der Waals surface area contributed by atoms with Crippen LogP contribution in [-0.4, -0.2) is 4.98 Å². The maximum absolute atomic E-state index is 3.78. The van der Waals surface area contributed by atoms with Crippen LogP contribution in [0, 0.1) is 0 Å². The summed E-state index contributed by atoms with van der Waals surface area (Å²) in [6.07, 6.45) is 7.22. The Morgan fingerprint density at radius 3 is 1.79 bits per heavy atom. The van der Waals surface area contributed by atoms with Gasteiger partial charge in [0.1, 0.15) is 8.16 Å². The third-order valence-corrected chi connectivity index (χ3v) is 13.1. The number of unbranched alkanes of at least 4 members (excludes halogenated alkanes) is 2. The van der Waals surface area contributed by atoms with Crippen LogP contribution in [0.2, 0.25) is 0 Å². The van der Waals surface area contributed by atoms with Crippen LogP contribution in [0.4, 0.5) is 0 Å². The van der Waals surface area contributed by atoms with E-state index in [1.54, 1.807) is 0 Å². The van der Waals surface area contributed by atoms with E-state index in [9.17, 15) is 0 Å². The molecule has 2 aliphatic rings. The molecule has 172 valence electrons. The minimum Gasteiger partial charge on any atom is -0.363 e. The van der Waals surface area contributed by atoms with E-state index in [0.717, 1.165) is 0 Å². The van der Waals surface area contributed by atoms with Gasteiger partial charge in [0.25, 0.3) is 0 Å². The zero-order valence-corrected chi connectivity index (χ0v) is 22.4. The maximum Gasteiger partial charge on any atom is 0.122 e. The maximum atomic E-state index is 3.78. The highest BCUT2D eigenvalue weighted by molar-refractivity contribution is 8.20. The Balaban J connectivity index is 1.41. The SMILES string of the molecule is CCCCCC1(c2cc(C3(c4ccccc4)Sc4ccccc4S3)c[nH]2)Sc2ccccc2S1. The lowest BCUT2D eigenvalue weighted by Crippen LogP contribution is -2.17. The van der Waals surface area contributed by atoms with Crippen LogP contribution in [-0.2, 0) is 8.16 Å². The normalized spacial score (nSPS) is 17.4. The number of hydrogen-bond acceptors (Lipinski definition) is 4. The number of H-pyrrole nitrogens is 1. The quantitative estimate of drug-likeness (QED) is 0.245. The Morgan fingerprint density at radius 1 is 0.647 bits per heavy atom. The van der Waals surface area contributed by atoms with Gasteiger partial charge in [-0.05, 0) is 42.3 Å². The lowest BCUT2D eigenvalue weighted by molar-refractivity contribution is 0.632. The smallest absolute Gasteiger partial charge is 0.122 e. The van der Waals surface area contributed by atoms with Crippen LogP contribution in [0.3, 0.4) is 0 Å². The van der Waals surface area contributed by atoms with Gasteiger partial charge < -0.3 is 4.98 Å². The first-order valence-electron chi connectivity index (χ1n) is 11.9. The molecule has 0 bridgehead atoms. The van der Waals surface area contributed by atoms with Gasteiger partial charge in [0.05, 0.1) is 0 Å². The minimum atomic E-state index is -0.176. The van der Waals surface area contributed by atoms with E-state index in [1.807, 2.05) is 47.0 Å². The number of rotatable bonds is 7. The van der Waals surface area contributed by atoms with Gasteiger partial charge in [-0.3, -0.25) is 0 Å². The molecule has 3 aromatic carbocycles. The summed E-state index contributed by atoms with van der Waals surface area (Å²) in [6.45, 7) is 2.29. The molecule has 2 aliphatic heterocycles. The van der Waals surface area contributed by atoms with Crippen molar-refractivity contribution in [3.63, 3.8) is 0 Å². The van der Waals surface area contributed by atoms with E-state index >= 15 is 0 Å². The van der Waals surface area contributed by atoms with Crippen molar-refractivity contribution < 1.29 is 0 Å². The molecule has 34 heavy (non-hydrogen) atoms. The molecule has 1 N–H and O–H groups in total. The Hall–Kier alpha value is -1.66. The van der Waals surface area contributed by atoms with E-state index in [2.05, 4.69) is 103 Å². The van der Waals surface area contributed by atoms with E-state index in [4.69, 9.17) is 0 Å². The number of hydrogen-bond donors (Lipinski definition) is 1. The molecule has 3 heterocycles. The molecule has 5 heteroatoms. The highest BCUT2D eigenvalue weighted by atomic mass is 32.2. The molecule has 0 atom stereocenters. The summed E-state index contributed by atoms with van der Waals surface area (Å²) >= 11 is 8.05. The van der Waals surface area contributed by atoms with Gasteiger partial charge in [0.15, 0.2) is 0 Å². The molecule has 0 radical (unpaired) electrons. The van der Waals surface area contributed by atoms with Crippen molar-refractivity contribution >= 4 is 47.0 Å². The van der Waals surface area contributed by atoms with Gasteiger partial charge in [-0.15, -0.1) is 23.5 Å². The van der Waals surface area contributed by atoms with Crippen LogP contribution >= 0.6 is 47.0 Å². The molecule has 0 amide bonds. The molecule has 1 aromatic heterocycles. The fourth-order valence-corrected chi connectivity index (χ4v) is 11.2. The molecular formula is C29H27NS4. The number of aromatic nitrogens is 1. The first-order valence-corrected chi connectivity index (χ1v) is 15.2. The van der Waals surface area contributed by atoms with Gasteiger partial charge in [0, 0.05) is 37.0 Å². The van der Waals surface area contributed by atoms with Crippen molar-refractivity contribution in [1.82, 2.24) is 4.98 Å². The van der Waals surface area contributed by atoms with Crippen molar-refractivity contribution in [3.8, 4) is 0 Å². The molecule has 0 saturated carbocycles. The van der Waals surface area contributed by atoms with Crippen molar-refractivity contribution in [1.29, 1.82) is 0 Å². The van der Waals surface area contributed by atoms with Crippen LogP contribution in [0.5, 0.6) is 0 Å². The predicted molar refractivity (Wildman–Crippen MR) is 150 cm³/mol. The third-order valence-electron chi connectivity index (χ3n) is 6.49. The summed E-state index contributed by atoms with van der Waals surface area (Å²) in [5.41, 5.74) is 4.05. The monoisotopic (exact) mass is 517 g/mol. The molecule has 0 spiro atoms. The summed E-state index contributed by atoms with van der Waals surface area (Å²) < 4.78 is -0.166. The number of nitrogens with one attached hydrogen (secondary N) is 1. The Kier molecular flexibility index (Phi) is 6.31. The molecular weight excluding hydrogens is 491 g/mol. The average molecular weight is 518 g/mol. The summed E-state index contributed by atoms with van der Waals surface area (Å²) in [6, 6.07) is 31.2. The second-order valence-electron chi connectivity index (χ2n) is 8.80. The number of aromatic amines is 1. The predicted octanol–water partition coefficient (Wildman–Crippen LogP) is 9.74. The average Bonchev–Trinajstić information content (AvgIpc) is 3.60. The van der Waals surface area contributed by atoms with E-state index in [1.165, 1.54) is 62.1 Å². The van der Waals surface area contributed by atoms with E-state index in [0.29, 0.717) is 0 Å². The molecule has 0 saturated heterocycles. The largest absolute Gasteiger partial charge is 0.363 e. The molecule has 0 fully saturated rings. The lowest BCUT2D eigenvalue weighted by atomic mass is 10.0. The second kappa shape index (κ2) is 9.42. The van der Waals surface area contributed by atoms with Crippen LogP contribution < -0.4 is 0 Å². The van der Waals surface area contributed by atoms with Crippen LogP contribution in [0.25, 0.3) is 0 Å². The highest BCUT2D eigenvalue weighted by Gasteiger charge is 2.46. The molecule has 1 nitrogen and oxygen atoms in total. The van der Waals surface area contributed by atoms with E-state index in [-0.39, 0.29) is 8.16 Å². The summed E-state index contributed by atoms with van der Waals surface area (Å²) in [5.74, 6) is 0. The third kappa shape index (κ3) is 3.95. The molecule has 4 aromatic rings. The first-order chi connectivity index (χ1) is 16.7. The Bertz CT molecular complexity index is 1250. The molecule has 0 unspecified atom stereocenters. The standard InChI is InChI=1S/C29H27NS4/c1-2-3-11-18-28(31-23-14-7-8-15-24(23)32-28)27-19-22(20-30-27)29(21-12-5-4-6-13-21)33-25-16-9-10-17-26(25)34-29/h4-10,12-17,19-20,30H,2-3,11,18H2,1H3. The van der Waals surface area contributed by atoms with Gasteiger partial charge in [-0.2, -0.15) is 0 Å². The van der Waals surface area contributed by atoms with Crippen molar-refractivity contribution in [2.75, 3.05) is 0 Å². The van der Waals surface area contributed by atoms with Gasteiger partial charge in [-0.25, -0.2) is 0 Å². The highest BCUT2D eigenvalue weighted by Crippen LogP contribution is 2.67.